The van der Waals surface area contributed by atoms with E-state index in [1.807, 2.05) is 25.3 Å². The summed E-state index contributed by atoms with van der Waals surface area (Å²) in [5, 5.41) is 3.23. The summed E-state index contributed by atoms with van der Waals surface area (Å²) in [7, 11) is 0. The predicted molar refractivity (Wildman–Crippen MR) is 74.2 cm³/mol. The van der Waals surface area contributed by atoms with Crippen molar-refractivity contribution < 1.29 is 0 Å². The molecule has 6 heteroatoms. The Kier molecular flexibility index (Phi) is 3.78. The Morgan fingerprint density at radius 2 is 2.17 bits per heavy atom. The molecule has 2 rings (SSSR count). The zero-order chi connectivity index (χ0) is 13.0. The average Bonchev–Trinajstić information content (AvgIpc) is 2.40. The van der Waals surface area contributed by atoms with Crippen LogP contribution < -0.4 is 11.1 Å². The molecule has 0 radical (unpaired) electrons. The second kappa shape index (κ2) is 5.50. The molecule has 2 aromatic heterocycles. The van der Waals surface area contributed by atoms with Crippen LogP contribution >= 0.6 is 12.2 Å². The van der Waals surface area contributed by atoms with Crippen LogP contribution in [0.2, 0.25) is 0 Å². The summed E-state index contributed by atoms with van der Waals surface area (Å²) in [6, 6.07) is 4.00. The fourth-order valence-corrected chi connectivity index (χ4v) is 1.57. The van der Waals surface area contributed by atoms with Crippen LogP contribution in [0.5, 0.6) is 0 Å². The van der Waals surface area contributed by atoms with Crippen molar-refractivity contribution in [3.8, 4) is 0 Å². The normalized spacial score (nSPS) is 11.8. The van der Waals surface area contributed by atoms with Crippen molar-refractivity contribution in [1.82, 2.24) is 15.0 Å². The van der Waals surface area contributed by atoms with Crippen LogP contribution in [0.4, 0.5) is 5.82 Å². The highest BCUT2D eigenvalue weighted by molar-refractivity contribution is 7.80. The first-order valence-electron chi connectivity index (χ1n) is 5.45. The van der Waals surface area contributed by atoms with E-state index >= 15 is 0 Å². The zero-order valence-electron chi connectivity index (χ0n) is 9.87. The molecule has 0 spiro atoms. The highest BCUT2D eigenvalue weighted by Gasteiger charge is 2.06. The molecule has 0 saturated heterocycles. The summed E-state index contributed by atoms with van der Waals surface area (Å²) < 4.78 is 0. The maximum atomic E-state index is 5.46. The molecule has 92 valence electrons. The molecule has 0 amide bonds. The molecule has 2 aromatic rings. The number of hydrogen-bond acceptors (Lipinski definition) is 5. The van der Waals surface area contributed by atoms with Crippen molar-refractivity contribution in [2.24, 2.45) is 5.73 Å². The summed E-state index contributed by atoms with van der Waals surface area (Å²) in [6.07, 6.45) is 6.73. The average molecular weight is 259 g/mol. The second-order valence-corrected chi connectivity index (χ2v) is 4.24. The van der Waals surface area contributed by atoms with Gasteiger partial charge < -0.3 is 11.1 Å². The quantitative estimate of drug-likeness (QED) is 0.813. The fraction of sp³-hybridized carbons (Fsp3) is 0.167. The molecule has 0 saturated carbocycles. The van der Waals surface area contributed by atoms with Crippen LogP contribution in [-0.2, 0) is 0 Å². The lowest BCUT2D eigenvalue weighted by Crippen LogP contribution is -2.13. The van der Waals surface area contributed by atoms with E-state index in [1.165, 1.54) is 0 Å². The third-order valence-corrected chi connectivity index (χ3v) is 2.66. The van der Waals surface area contributed by atoms with Crippen molar-refractivity contribution >= 4 is 23.0 Å². The van der Waals surface area contributed by atoms with Crippen molar-refractivity contribution in [3.05, 3.63) is 48.2 Å². The Morgan fingerprint density at radius 3 is 2.72 bits per heavy atom. The first kappa shape index (κ1) is 12.4. The minimum Gasteiger partial charge on any atom is -0.388 e. The molecule has 1 atom stereocenters. The van der Waals surface area contributed by atoms with Gasteiger partial charge in [-0.25, -0.2) is 9.97 Å². The summed E-state index contributed by atoms with van der Waals surface area (Å²) in [6.45, 7) is 2.03. The number of hydrogen-bond donors (Lipinski definition) is 2. The van der Waals surface area contributed by atoms with Crippen LogP contribution in [0.15, 0.2) is 36.9 Å². The highest BCUT2D eigenvalue weighted by atomic mass is 32.1. The van der Waals surface area contributed by atoms with Crippen LogP contribution in [0.3, 0.4) is 0 Å². The molecular formula is C12H13N5S. The van der Waals surface area contributed by atoms with Crippen molar-refractivity contribution in [2.75, 3.05) is 5.32 Å². The standard InChI is InChI=1S/C12H13N5S/c1-8(9-3-2-4-14-5-9)17-11-7-15-10(6-16-11)12(13)18/h2-8H,1H3,(H2,13,18)(H,16,17). The molecule has 2 heterocycles. The zero-order valence-corrected chi connectivity index (χ0v) is 10.7. The Labute approximate surface area is 110 Å². The van der Waals surface area contributed by atoms with Gasteiger partial charge in [-0.15, -0.1) is 0 Å². The highest BCUT2D eigenvalue weighted by Crippen LogP contribution is 2.15. The molecule has 18 heavy (non-hydrogen) atoms. The van der Waals surface area contributed by atoms with Crippen LogP contribution in [0.25, 0.3) is 0 Å². The monoisotopic (exact) mass is 259 g/mol. The molecule has 0 fully saturated rings. The number of aromatic nitrogens is 3. The van der Waals surface area contributed by atoms with Gasteiger partial charge >= 0.3 is 0 Å². The largest absolute Gasteiger partial charge is 0.388 e. The van der Waals surface area contributed by atoms with Gasteiger partial charge in [-0.1, -0.05) is 18.3 Å². The minimum absolute atomic E-state index is 0.101. The van der Waals surface area contributed by atoms with Gasteiger partial charge in [0.2, 0.25) is 0 Å². The lowest BCUT2D eigenvalue weighted by molar-refractivity contribution is 0.863. The molecule has 0 aliphatic heterocycles. The number of thiocarbonyl (C=S) groups is 1. The number of nitrogens with zero attached hydrogens (tertiary/aromatic N) is 3. The Balaban J connectivity index is 2.08. The molecular weight excluding hydrogens is 246 g/mol. The van der Waals surface area contributed by atoms with Gasteiger partial charge in [0.1, 0.15) is 16.5 Å². The van der Waals surface area contributed by atoms with Gasteiger partial charge in [0, 0.05) is 12.4 Å². The molecule has 0 bridgehead atoms. The van der Waals surface area contributed by atoms with E-state index in [1.54, 1.807) is 18.6 Å². The van der Waals surface area contributed by atoms with Crippen molar-refractivity contribution in [2.45, 2.75) is 13.0 Å². The van der Waals surface area contributed by atoms with E-state index in [9.17, 15) is 0 Å². The SMILES string of the molecule is CC(Nc1cnc(C(N)=S)cn1)c1cccnc1. The van der Waals surface area contributed by atoms with Gasteiger partial charge in [-0.05, 0) is 18.6 Å². The number of anilines is 1. The third kappa shape index (κ3) is 2.98. The Bertz CT molecular complexity index is 526. The van der Waals surface area contributed by atoms with Gasteiger partial charge in [-0.2, -0.15) is 0 Å². The predicted octanol–water partition coefficient (Wildman–Crippen LogP) is 1.68. The lowest BCUT2D eigenvalue weighted by atomic mass is 10.1. The van der Waals surface area contributed by atoms with Gasteiger partial charge in [0.25, 0.3) is 0 Å². The molecule has 0 aromatic carbocycles. The van der Waals surface area contributed by atoms with Crippen LogP contribution in [0, 0.1) is 0 Å². The third-order valence-electron chi connectivity index (χ3n) is 2.45. The van der Waals surface area contributed by atoms with E-state index in [-0.39, 0.29) is 11.0 Å². The van der Waals surface area contributed by atoms with Crippen LogP contribution in [0.1, 0.15) is 24.2 Å². The summed E-state index contributed by atoms with van der Waals surface area (Å²) in [4.78, 5) is 12.6. The first-order chi connectivity index (χ1) is 8.66. The van der Waals surface area contributed by atoms with E-state index in [0.717, 1.165) is 5.56 Å². The summed E-state index contributed by atoms with van der Waals surface area (Å²) >= 11 is 4.82. The molecule has 0 aliphatic carbocycles. The van der Waals surface area contributed by atoms with E-state index in [2.05, 4.69) is 20.3 Å². The number of rotatable bonds is 4. The number of pyridine rings is 1. The minimum atomic E-state index is 0.101. The van der Waals surface area contributed by atoms with E-state index < -0.39 is 0 Å². The fourth-order valence-electron chi connectivity index (χ4n) is 1.47. The molecule has 1 unspecified atom stereocenters. The maximum absolute atomic E-state index is 5.46. The van der Waals surface area contributed by atoms with Crippen LogP contribution in [-0.4, -0.2) is 19.9 Å². The van der Waals surface area contributed by atoms with E-state index in [0.29, 0.717) is 11.5 Å². The first-order valence-corrected chi connectivity index (χ1v) is 5.86. The molecule has 0 aliphatic rings. The topological polar surface area (TPSA) is 76.7 Å². The summed E-state index contributed by atoms with van der Waals surface area (Å²) in [5.41, 5.74) is 7.06. The van der Waals surface area contributed by atoms with E-state index in [4.69, 9.17) is 18.0 Å². The van der Waals surface area contributed by atoms with Gasteiger partial charge in [-0.3, -0.25) is 4.98 Å². The van der Waals surface area contributed by atoms with Gasteiger partial charge in [0.05, 0.1) is 18.4 Å². The lowest BCUT2D eigenvalue weighted by Gasteiger charge is -2.14. The number of nitrogens with two attached hydrogens (primary N) is 1. The van der Waals surface area contributed by atoms with Gasteiger partial charge in [0.15, 0.2) is 0 Å². The smallest absolute Gasteiger partial charge is 0.144 e. The summed E-state index contributed by atoms with van der Waals surface area (Å²) in [5.74, 6) is 0.673. The second-order valence-electron chi connectivity index (χ2n) is 3.80. The Hall–Kier alpha value is -2.08. The Morgan fingerprint density at radius 1 is 1.33 bits per heavy atom. The molecule has 5 nitrogen and oxygen atoms in total. The van der Waals surface area contributed by atoms with Crippen molar-refractivity contribution in [1.29, 1.82) is 0 Å². The van der Waals surface area contributed by atoms with Crippen molar-refractivity contribution in [3.63, 3.8) is 0 Å². The maximum Gasteiger partial charge on any atom is 0.144 e. The molecule has 3 N–H and O–H groups in total. The number of nitrogens with one attached hydrogen (secondary N) is 1.